The number of carbonyl (C=O) groups is 3. The molecule has 3 rings (SSSR count). The van der Waals surface area contributed by atoms with Gasteiger partial charge in [-0.25, -0.2) is 9.69 Å². The molecule has 28 heavy (non-hydrogen) atoms. The number of amides is 4. The molecule has 0 unspecified atom stereocenters. The standard InChI is InChI=1S/C20H17Cl2N3O3/c1-2-12-5-3-4-6-16(12)23-18(26)11-25-19(27)17(24-20(25)28)9-13-7-8-14(21)10-15(13)22/h3-10H,2,11H2,1H3,(H,23,26)(H,24,28)/b17-9+. The lowest BCUT2D eigenvalue weighted by Crippen LogP contribution is -2.38. The van der Waals surface area contributed by atoms with Crippen LogP contribution in [0.15, 0.2) is 48.2 Å². The summed E-state index contributed by atoms with van der Waals surface area (Å²) in [5.41, 5.74) is 2.19. The predicted molar refractivity (Wildman–Crippen MR) is 109 cm³/mol. The highest BCUT2D eigenvalue weighted by Crippen LogP contribution is 2.24. The quantitative estimate of drug-likeness (QED) is 0.567. The van der Waals surface area contributed by atoms with Crippen LogP contribution in [0.3, 0.4) is 0 Å². The molecule has 0 saturated carbocycles. The molecule has 2 aromatic rings. The first-order chi connectivity index (χ1) is 13.4. The molecular weight excluding hydrogens is 401 g/mol. The zero-order valence-electron chi connectivity index (χ0n) is 15.0. The minimum atomic E-state index is -0.666. The molecule has 6 nitrogen and oxygen atoms in total. The summed E-state index contributed by atoms with van der Waals surface area (Å²) in [4.78, 5) is 37.9. The number of halogens is 2. The number of anilines is 1. The van der Waals surface area contributed by atoms with Gasteiger partial charge in [-0.2, -0.15) is 0 Å². The van der Waals surface area contributed by atoms with Gasteiger partial charge >= 0.3 is 6.03 Å². The second-order valence-corrected chi connectivity index (χ2v) is 6.95. The van der Waals surface area contributed by atoms with E-state index in [-0.39, 0.29) is 5.70 Å². The molecule has 1 aliphatic rings. The number of hydrogen-bond donors (Lipinski definition) is 2. The van der Waals surface area contributed by atoms with Crippen molar-refractivity contribution >= 4 is 52.8 Å². The molecule has 0 atom stereocenters. The lowest BCUT2D eigenvalue weighted by atomic mass is 10.1. The Morgan fingerprint density at radius 1 is 1.18 bits per heavy atom. The Morgan fingerprint density at radius 3 is 2.64 bits per heavy atom. The van der Waals surface area contributed by atoms with E-state index in [2.05, 4.69) is 10.6 Å². The lowest BCUT2D eigenvalue weighted by molar-refractivity contribution is -0.127. The Morgan fingerprint density at radius 2 is 1.93 bits per heavy atom. The van der Waals surface area contributed by atoms with Crippen LogP contribution in [0.5, 0.6) is 0 Å². The van der Waals surface area contributed by atoms with E-state index in [0.29, 0.717) is 21.3 Å². The number of benzene rings is 2. The number of hydrogen-bond acceptors (Lipinski definition) is 3. The van der Waals surface area contributed by atoms with Crippen molar-refractivity contribution < 1.29 is 14.4 Å². The predicted octanol–water partition coefficient (Wildman–Crippen LogP) is 4.09. The number of rotatable bonds is 5. The summed E-state index contributed by atoms with van der Waals surface area (Å²) in [6, 6.07) is 11.5. The average molecular weight is 418 g/mol. The average Bonchev–Trinajstić information content (AvgIpc) is 2.92. The monoisotopic (exact) mass is 417 g/mol. The summed E-state index contributed by atoms with van der Waals surface area (Å²) in [5.74, 6) is -1.06. The van der Waals surface area contributed by atoms with E-state index in [4.69, 9.17) is 23.2 Å². The third-order valence-electron chi connectivity index (χ3n) is 4.20. The maximum absolute atomic E-state index is 12.5. The van der Waals surface area contributed by atoms with E-state index in [1.165, 1.54) is 12.1 Å². The van der Waals surface area contributed by atoms with E-state index >= 15 is 0 Å². The van der Waals surface area contributed by atoms with Crippen LogP contribution < -0.4 is 10.6 Å². The molecule has 0 bridgehead atoms. The number of para-hydroxylation sites is 1. The summed E-state index contributed by atoms with van der Waals surface area (Å²) >= 11 is 12.0. The highest BCUT2D eigenvalue weighted by molar-refractivity contribution is 6.35. The summed E-state index contributed by atoms with van der Waals surface area (Å²) in [7, 11) is 0. The van der Waals surface area contributed by atoms with E-state index in [9.17, 15) is 14.4 Å². The zero-order chi connectivity index (χ0) is 20.3. The number of nitrogens with zero attached hydrogens (tertiary/aromatic N) is 1. The Balaban J connectivity index is 1.73. The van der Waals surface area contributed by atoms with Crippen molar-refractivity contribution in [3.05, 3.63) is 69.3 Å². The van der Waals surface area contributed by atoms with Gasteiger partial charge in [-0.3, -0.25) is 9.59 Å². The molecule has 0 spiro atoms. The van der Waals surface area contributed by atoms with Gasteiger partial charge in [0, 0.05) is 15.7 Å². The van der Waals surface area contributed by atoms with Crippen molar-refractivity contribution in [1.29, 1.82) is 0 Å². The van der Waals surface area contributed by atoms with E-state index < -0.39 is 24.4 Å². The van der Waals surface area contributed by atoms with Gasteiger partial charge in [0.15, 0.2) is 0 Å². The van der Waals surface area contributed by atoms with Crippen LogP contribution in [0.25, 0.3) is 6.08 Å². The topological polar surface area (TPSA) is 78.5 Å². The maximum atomic E-state index is 12.5. The summed E-state index contributed by atoms with van der Waals surface area (Å²) in [6.07, 6.45) is 2.19. The normalized spacial score (nSPS) is 15.1. The van der Waals surface area contributed by atoms with Crippen molar-refractivity contribution in [1.82, 2.24) is 10.2 Å². The van der Waals surface area contributed by atoms with Gasteiger partial charge in [0.25, 0.3) is 5.91 Å². The molecule has 2 N–H and O–H groups in total. The largest absolute Gasteiger partial charge is 0.329 e. The SMILES string of the molecule is CCc1ccccc1NC(=O)CN1C(=O)N/C(=C/c2ccc(Cl)cc2Cl)C1=O. The van der Waals surface area contributed by atoms with E-state index in [1.54, 1.807) is 24.3 Å². The molecule has 4 amide bonds. The van der Waals surface area contributed by atoms with Gasteiger partial charge in [0.2, 0.25) is 5.91 Å². The van der Waals surface area contributed by atoms with Gasteiger partial charge < -0.3 is 10.6 Å². The van der Waals surface area contributed by atoms with Crippen molar-refractivity contribution in [2.45, 2.75) is 13.3 Å². The third-order valence-corrected chi connectivity index (χ3v) is 4.76. The van der Waals surface area contributed by atoms with E-state index in [0.717, 1.165) is 16.9 Å². The molecule has 144 valence electrons. The van der Waals surface area contributed by atoms with Crippen molar-refractivity contribution in [2.24, 2.45) is 0 Å². The molecule has 1 aliphatic heterocycles. The summed E-state index contributed by atoms with van der Waals surface area (Å²) in [5, 5.41) is 6.00. The molecule has 8 heteroatoms. The van der Waals surface area contributed by atoms with Gasteiger partial charge in [0.05, 0.1) is 0 Å². The van der Waals surface area contributed by atoms with Crippen molar-refractivity contribution in [3.63, 3.8) is 0 Å². The van der Waals surface area contributed by atoms with Crippen molar-refractivity contribution in [3.8, 4) is 0 Å². The second-order valence-electron chi connectivity index (χ2n) is 6.10. The summed E-state index contributed by atoms with van der Waals surface area (Å²) in [6.45, 7) is 1.58. The Hall–Kier alpha value is -2.83. The Bertz CT molecular complexity index is 988. The van der Waals surface area contributed by atoms with Crippen molar-refractivity contribution in [2.75, 3.05) is 11.9 Å². The lowest BCUT2D eigenvalue weighted by Gasteiger charge is -2.13. The maximum Gasteiger partial charge on any atom is 0.329 e. The van der Waals surface area contributed by atoms with Gasteiger partial charge in [0.1, 0.15) is 12.2 Å². The van der Waals surface area contributed by atoms with Crippen LogP contribution in [-0.2, 0) is 16.0 Å². The molecule has 1 heterocycles. The molecule has 1 fully saturated rings. The molecule has 0 radical (unpaired) electrons. The number of aryl methyl sites for hydroxylation is 1. The summed E-state index contributed by atoms with van der Waals surface area (Å²) < 4.78 is 0. The van der Waals surface area contributed by atoms with Crippen LogP contribution in [0, 0.1) is 0 Å². The van der Waals surface area contributed by atoms with Gasteiger partial charge in [-0.05, 0) is 41.8 Å². The molecule has 0 aliphatic carbocycles. The first-order valence-corrected chi connectivity index (χ1v) is 9.32. The van der Waals surface area contributed by atoms with Crippen LogP contribution >= 0.6 is 23.2 Å². The van der Waals surface area contributed by atoms with E-state index in [1.807, 2.05) is 19.1 Å². The first-order valence-electron chi connectivity index (χ1n) is 8.56. The minimum Gasteiger partial charge on any atom is -0.324 e. The zero-order valence-corrected chi connectivity index (χ0v) is 16.5. The fourth-order valence-corrected chi connectivity index (χ4v) is 3.24. The minimum absolute atomic E-state index is 0.0379. The van der Waals surface area contributed by atoms with Crippen LogP contribution in [-0.4, -0.2) is 29.3 Å². The fraction of sp³-hybridized carbons (Fsp3) is 0.150. The van der Waals surface area contributed by atoms with Crippen LogP contribution in [0.4, 0.5) is 10.5 Å². The number of urea groups is 1. The second kappa shape index (κ2) is 8.46. The highest BCUT2D eigenvalue weighted by atomic mass is 35.5. The molecule has 1 saturated heterocycles. The number of imide groups is 1. The molecule has 2 aromatic carbocycles. The number of carbonyl (C=O) groups excluding carboxylic acids is 3. The molecular formula is C20H17Cl2N3O3. The van der Waals surface area contributed by atoms with Gasteiger partial charge in [-0.15, -0.1) is 0 Å². The van der Waals surface area contributed by atoms with Crippen LogP contribution in [0.2, 0.25) is 10.0 Å². The number of nitrogens with one attached hydrogen (secondary N) is 2. The highest BCUT2D eigenvalue weighted by Gasteiger charge is 2.35. The van der Waals surface area contributed by atoms with Gasteiger partial charge in [-0.1, -0.05) is 54.4 Å². The fourth-order valence-electron chi connectivity index (χ4n) is 2.77. The third kappa shape index (κ3) is 4.35. The van der Waals surface area contributed by atoms with Crippen LogP contribution in [0.1, 0.15) is 18.1 Å². The Labute approximate surface area is 172 Å². The molecule has 0 aromatic heterocycles. The smallest absolute Gasteiger partial charge is 0.324 e. The Kier molecular flexibility index (Phi) is 6.02. The first kappa shape index (κ1) is 19.9.